The molecule has 2 aliphatic heterocycles. The van der Waals surface area contributed by atoms with Crippen LogP contribution in [0.5, 0.6) is 0 Å². The number of ether oxygens (including phenoxy) is 2. The zero-order valence-corrected chi connectivity index (χ0v) is 14.8. The zero-order chi connectivity index (χ0) is 17.6. The minimum Gasteiger partial charge on any atom is -0.464 e. The molecule has 3 aliphatic carbocycles. The monoisotopic (exact) mass is 346 g/mol. The summed E-state index contributed by atoms with van der Waals surface area (Å²) in [5.74, 6) is -0.161. The van der Waals surface area contributed by atoms with Gasteiger partial charge in [-0.15, -0.1) is 0 Å². The molecule has 1 N–H and O–H groups in total. The molecule has 5 heteroatoms. The number of esters is 1. The summed E-state index contributed by atoms with van der Waals surface area (Å²) < 4.78 is 11.4. The van der Waals surface area contributed by atoms with Crippen molar-refractivity contribution in [3.63, 3.8) is 0 Å². The number of Topliss-reactive ketones (excluding diaryl/α,β-unsaturated/α-hetero) is 1. The largest absolute Gasteiger partial charge is 0.464 e. The Morgan fingerprint density at radius 2 is 2.00 bits per heavy atom. The van der Waals surface area contributed by atoms with Crippen LogP contribution in [0.4, 0.5) is 0 Å². The molecule has 5 fully saturated rings. The third kappa shape index (κ3) is 1.63. The third-order valence-electron chi connectivity index (χ3n) is 8.52. The van der Waals surface area contributed by atoms with Crippen molar-refractivity contribution in [2.75, 3.05) is 13.2 Å². The van der Waals surface area contributed by atoms with Gasteiger partial charge in [0.1, 0.15) is 5.41 Å². The Hall–Kier alpha value is -1.20. The number of cyclic esters (lactones) is 1. The van der Waals surface area contributed by atoms with E-state index < -0.39 is 11.7 Å². The molecule has 2 spiro atoms. The Morgan fingerprint density at radius 3 is 2.80 bits per heavy atom. The van der Waals surface area contributed by atoms with Gasteiger partial charge in [-0.25, -0.2) is 0 Å². The SMILES string of the molecule is C=C1C(=O)C23CC1CCC2C1(CCCC2(C)C(O)OCC21)COC3=O. The highest BCUT2D eigenvalue weighted by Gasteiger charge is 2.73. The van der Waals surface area contributed by atoms with Gasteiger partial charge in [-0.1, -0.05) is 19.9 Å². The van der Waals surface area contributed by atoms with Crippen LogP contribution >= 0.6 is 0 Å². The summed E-state index contributed by atoms with van der Waals surface area (Å²) in [5, 5.41) is 10.5. The van der Waals surface area contributed by atoms with E-state index in [1.807, 2.05) is 0 Å². The summed E-state index contributed by atoms with van der Waals surface area (Å²) >= 11 is 0. The van der Waals surface area contributed by atoms with Crippen molar-refractivity contribution in [2.45, 2.75) is 51.7 Å². The summed E-state index contributed by atoms with van der Waals surface area (Å²) in [5.41, 5.74) is -0.982. The summed E-state index contributed by atoms with van der Waals surface area (Å²) in [4.78, 5) is 26.0. The van der Waals surface area contributed by atoms with Crippen LogP contribution in [0.1, 0.15) is 45.4 Å². The average Bonchev–Trinajstić information content (AvgIpc) is 3.01. The van der Waals surface area contributed by atoms with Gasteiger partial charge in [0.15, 0.2) is 12.1 Å². The van der Waals surface area contributed by atoms with E-state index in [0.29, 0.717) is 25.2 Å². The molecule has 7 unspecified atom stereocenters. The molecular formula is C20H26O5. The first-order chi connectivity index (χ1) is 11.9. The number of fused-ring (bicyclic) bond motifs is 4. The van der Waals surface area contributed by atoms with Crippen molar-refractivity contribution >= 4 is 11.8 Å². The fourth-order valence-electron chi connectivity index (χ4n) is 7.22. The summed E-state index contributed by atoms with van der Waals surface area (Å²) in [6.07, 6.45) is 4.42. The third-order valence-corrected chi connectivity index (χ3v) is 8.52. The molecular weight excluding hydrogens is 320 g/mol. The van der Waals surface area contributed by atoms with Crippen LogP contribution in [-0.2, 0) is 19.1 Å². The van der Waals surface area contributed by atoms with Crippen LogP contribution in [0.3, 0.4) is 0 Å². The zero-order valence-electron chi connectivity index (χ0n) is 14.8. The maximum absolute atomic E-state index is 13.1. The van der Waals surface area contributed by atoms with Crippen LogP contribution in [0.15, 0.2) is 12.2 Å². The van der Waals surface area contributed by atoms with Crippen molar-refractivity contribution in [3.05, 3.63) is 12.2 Å². The van der Waals surface area contributed by atoms with Crippen LogP contribution in [0.2, 0.25) is 0 Å². The van der Waals surface area contributed by atoms with Crippen LogP contribution in [-0.4, -0.2) is 36.4 Å². The highest BCUT2D eigenvalue weighted by molar-refractivity contribution is 6.15. The molecule has 136 valence electrons. The van der Waals surface area contributed by atoms with E-state index in [2.05, 4.69) is 13.5 Å². The molecule has 0 amide bonds. The van der Waals surface area contributed by atoms with Crippen molar-refractivity contribution in [3.8, 4) is 0 Å². The van der Waals surface area contributed by atoms with Crippen molar-refractivity contribution in [2.24, 2.45) is 34.0 Å². The number of hydrogen-bond donors (Lipinski definition) is 1. The van der Waals surface area contributed by atoms with Crippen molar-refractivity contribution < 1.29 is 24.2 Å². The molecule has 2 saturated heterocycles. The predicted molar refractivity (Wildman–Crippen MR) is 88.2 cm³/mol. The Labute approximate surface area is 147 Å². The maximum Gasteiger partial charge on any atom is 0.320 e. The normalized spacial score (nSPS) is 54.4. The van der Waals surface area contributed by atoms with Gasteiger partial charge in [0.25, 0.3) is 0 Å². The van der Waals surface area contributed by atoms with Crippen LogP contribution < -0.4 is 0 Å². The second kappa shape index (κ2) is 4.74. The summed E-state index contributed by atoms with van der Waals surface area (Å²) in [6, 6.07) is 0. The van der Waals surface area contributed by atoms with Crippen LogP contribution in [0, 0.1) is 34.0 Å². The minimum atomic E-state index is -1.02. The molecule has 2 heterocycles. The van der Waals surface area contributed by atoms with E-state index in [1.165, 1.54) is 0 Å². The predicted octanol–water partition coefficient (Wildman–Crippen LogP) is 2.23. The lowest BCUT2D eigenvalue weighted by Gasteiger charge is -2.59. The topological polar surface area (TPSA) is 72.8 Å². The van der Waals surface area contributed by atoms with Gasteiger partial charge in [0.2, 0.25) is 0 Å². The molecule has 5 aliphatic rings. The molecule has 0 radical (unpaired) electrons. The lowest BCUT2D eigenvalue weighted by atomic mass is 9.45. The van der Waals surface area contributed by atoms with E-state index in [4.69, 9.17) is 9.47 Å². The van der Waals surface area contributed by atoms with E-state index in [0.717, 1.165) is 32.1 Å². The standard InChI is InChI=1S/C20H26O5/c1-11-12-4-5-13-19(10-25-17(23)20(13,8-12)15(11)21)7-3-6-18(2)14(19)9-24-16(18)22/h12-14,16,22H,1,3-10H2,2H3. The average molecular weight is 346 g/mol. The first-order valence-electron chi connectivity index (χ1n) is 9.57. The van der Waals surface area contributed by atoms with Gasteiger partial charge in [-0.05, 0) is 49.5 Å². The van der Waals surface area contributed by atoms with E-state index in [9.17, 15) is 14.7 Å². The highest BCUT2D eigenvalue weighted by Crippen LogP contribution is 2.69. The van der Waals surface area contributed by atoms with E-state index >= 15 is 0 Å². The molecule has 7 atom stereocenters. The number of aliphatic hydroxyl groups is 1. The second-order valence-corrected chi connectivity index (χ2v) is 9.26. The first-order valence-corrected chi connectivity index (χ1v) is 9.57. The molecule has 0 aromatic heterocycles. The number of aliphatic hydroxyl groups excluding tert-OH is 1. The lowest BCUT2D eigenvalue weighted by molar-refractivity contribution is -0.213. The quantitative estimate of drug-likeness (QED) is 0.414. The Bertz CT molecular complexity index is 686. The number of allylic oxidation sites excluding steroid dienone is 1. The molecule has 3 saturated carbocycles. The summed E-state index contributed by atoms with van der Waals surface area (Å²) in [7, 11) is 0. The van der Waals surface area contributed by atoms with Gasteiger partial charge in [-0.3, -0.25) is 9.59 Å². The van der Waals surface area contributed by atoms with Gasteiger partial charge >= 0.3 is 5.97 Å². The molecule has 5 nitrogen and oxygen atoms in total. The minimum absolute atomic E-state index is 0.0113. The molecule has 0 aromatic rings. The van der Waals surface area contributed by atoms with Crippen LogP contribution in [0.25, 0.3) is 0 Å². The Kier molecular flexibility index (Phi) is 3.04. The number of carbonyl (C=O) groups excluding carboxylic acids is 2. The maximum atomic E-state index is 13.1. The number of ketones is 1. The van der Waals surface area contributed by atoms with Crippen molar-refractivity contribution in [1.82, 2.24) is 0 Å². The van der Waals surface area contributed by atoms with Gasteiger partial charge < -0.3 is 14.6 Å². The van der Waals surface area contributed by atoms with Gasteiger partial charge in [-0.2, -0.15) is 0 Å². The molecule has 2 bridgehead atoms. The molecule has 5 rings (SSSR count). The van der Waals surface area contributed by atoms with Gasteiger partial charge in [0, 0.05) is 16.7 Å². The smallest absolute Gasteiger partial charge is 0.320 e. The number of carbonyl (C=O) groups is 2. The van der Waals surface area contributed by atoms with E-state index in [1.54, 1.807) is 0 Å². The fourth-order valence-corrected chi connectivity index (χ4v) is 7.22. The summed E-state index contributed by atoms with van der Waals surface area (Å²) in [6.45, 7) is 6.95. The Morgan fingerprint density at radius 1 is 1.20 bits per heavy atom. The van der Waals surface area contributed by atoms with E-state index in [-0.39, 0.29) is 40.3 Å². The Balaban J connectivity index is 1.65. The molecule has 0 aromatic carbocycles. The number of rotatable bonds is 0. The second-order valence-electron chi connectivity index (χ2n) is 9.26. The van der Waals surface area contributed by atoms with Gasteiger partial charge in [0.05, 0.1) is 13.2 Å². The number of hydrogen-bond acceptors (Lipinski definition) is 5. The lowest BCUT2D eigenvalue weighted by Crippen LogP contribution is -2.63. The first kappa shape index (κ1) is 16.0. The highest BCUT2D eigenvalue weighted by atomic mass is 16.6. The fraction of sp³-hybridized carbons (Fsp3) is 0.800. The van der Waals surface area contributed by atoms with Crippen molar-refractivity contribution in [1.29, 1.82) is 0 Å². The molecule has 25 heavy (non-hydrogen) atoms.